The zero-order valence-electron chi connectivity index (χ0n) is 17.6. The number of Topliss-reactive ketones (excluding diaryl/α,β-unsaturated/α-hetero) is 1. The predicted octanol–water partition coefficient (Wildman–Crippen LogP) is 5.41. The van der Waals surface area contributed by atoms with Crippen LogP contribution in [0.2, 0.25) is 64.5 Å². The third kappa shape index (κ3) is 8.50. The van der Waals surface area contributed by atoms with Gasteiger partial charge in [0.2, 0.25) is 0 Å². The van der Waals surface area contributed by atoms with Gasteiger partial charge in [0.15, 0.2) is 30.7 Å². The Morgan fingerprint density at radius 3 is 1.29 bits per heavy atom. The molecule has 0 N–H and O–H groups in total. The normalized spacial score (nSPS) is 15.3. The van der Waals surface area contributed by atoms with Crippen LogP contribution in [0, 0.1) is 0 Å². The molecule has 0 aromatic rings. The van der Waals surface area contributed by atoms with Crippen molar-refractivity contribution < 1.29 is 17.1 Å². The molecule has 0 saturated carbocycles. The molecule has 0 amide bonds. The third-order valence-corrected chi connectivity index (χ3v) is 15.2. The summed E-state index contributed by atoms with van der Waals surface area (Å²) in [4.78, 5) is 12.9. The molecule has 0 fully saturated rings. The first-order chi connectivity index (χ1) is 10.4. The number of hydrogen-bond donors (Lipinski definition) is 0. The summed E-state index contributed by atoms with van der Waals surface area (Å²) in [7, 11) is -9.11. The molecule has 0 bridgehead atoms. The Hall–Kier alpha value is 0.158. The van der Waals surface area contributed by atoms with Crippen LogP contribution < -0.4 is 0 Å². The highest BCUT2D eigenvalue weighted by Gasteiger charge is 2.57. The molecular formula is C16H38O4Si4. The van der Waals surface area contributed by atoms with Crippen LogP contribution in [-0.4, -0.2) is 39.5 Å². The van der Waals surface area contributed by atoms with E-state index in [0.717, 1.165) is 0 Å². The molecule has 0 aliphatic rings. The van der Waals surface area contributed by atoms with E-state index >= 15 is 0 Å². The second-order valence-corrected chi connectivity index (χ2v) is 26.4. The minimum atomic E-state index is -3.18. The number of rotatable bonds is 10. The first-order valence-electron chi connectivity index (χ1n) is 8.73. The molecule has 0 rings (SSSR count). The minimum Gasteiger partial charge on any atom is -0.416 e. The van der Waals surface area contributed by atoms with E-state index in [1.807, 2.05) is 6.92 Å². The lowest BCUT2D eigenvalue weighted by Crippen LogP contribution is -2.64. The highest BCUT2D eigenvalue weighted by Crippen LogP contribution is 2.38. The van der Waals surface area contributed by atoms with Crippen LogP contribution in [0.25, 0.3) is 0 Å². The molecular weight excluding hydrogens is 369 g/mol. The molecule has 0 aliphatic heterocycles. The molecule has 0 aromatic heterocycles. The zero-order chi connectivity index (χ0) is 19.6. The van der Waals surface area contributed by atoms with Gasteiger partial charge in [0, 0.05) is 0 Å². The molecule has 24 heavy (non-hydrogen) atoms. The summed E-state index contributed by atoms with van der Waals surface area (Å²) in [6, 6.07) is 0. The van der Waals surface area contributed by atoms with E-state index in [4.69, 9.17) is 12.3 Å². The number of carbonyl (C=O) groups excluding carboxylic acids is 1. The Balaban J connectivity index is 6.31. The largest absolute Gasteiger partial charge is 0.480 e. The van der Waals surface area contributed by atoms with Crippen molar-refractivity contribution in [2.24, 2.45) is 0 Å². The summed E-state index contributed by atoms with van der Waals surface area (Å²) < 4.78 is 19.9. The van der Waals surface area contributed by atoms with Gasteiger partial charge in [-0.25, -0.2) is 0 Å². The fourth-order valence-electron chi connectivity index (χ4n) is 2.45. The molecule has 0 spiro atoms. The van der Waals surface area contributed by atoms with Gasteiger partial charge in [0.1, 0.15) is 0 Å². The fourth-order valence-corrected chi connectivity index (χ4v) is 17.1. The maximum absolute atomic E-state index is 12.9. The van der Waals surface area contributed by atoms with Crippen LogP contribution in [-0.2, 0) is 17.1 Å². The van der Waals surface area contributed by atoms with E-state index in [2.05, 4.69) is 65.5 Å². The lowest BCUT2D eigenvalue weighted by molar-refractivity contribution is -0.116. The molecule has 0 heterocycles. The quantitative estimate of drug-likeness (QED) is 0.359. The monoisotopic (exact) mass is 406 g/mol. The number of hydrogen-bond acceptors (Lipinski definition) is 4. The summed E-state index contributed by atoms with van der Waals surface area (Å²) in [6.45, 7) is 26.8. The van der Waals surface area contributed by atoms with E-state index < -0.39 is 33.8 Å². The van der Waals surface area contributed by atoms with Crippen molar-refractivity contribution in [3.63, 3.8) is 0 Å². The van der Waals surface area contributed by atoms with Crippen LogP contribution in [0.1, 0.15) is 20.3 Å². The van der Waals surface area contributed by atoms with Gasteiger partial charge in [-0.1, -0.05) is 13.5 Å². The SMILES string of the molecule is C=C(C)C(=O)C(CC)[Si](O[Si](C)(C)C)(O[Si](C)(C)C)O[Si](C)(C)C. The van der Waals surface area contributed by atoms with Gasteiger partial charge in [-0.2, -0.15) is 0 Å². The van der Waals surface area contributed by atoms with Gasteiger partial charge in [0.25, 0.3) is 0 Å². The Morgan fingerprint density at radius 2 is 1.12 bits per heavy atom. The highest BCUT2D eigenvalue weighted by atomic mass is 28.5. The maximum Gasteiger partial charge on any atom is 0.480 e. The summed E-state index contributed by atoms with van der Waals surface area (Å²) >= 11 is 0. The van der Waals surface area contributed by atoms with Gasteiger partial charge in [-0.3, -0.25) is 4.79 Å². The molecule has 142 valence electrons. The second-order valence-electron chi connectivity index (χ2n) is 9.35. The summed E-state index contributed by atoms with van der Waals surface area (Å²) in [5.41, 5.74) is 0.191. The van der Waals surface area contributed by atoms with Crippen molar-refractivity contribution in [2.75, 3.05) is 0 Å². The van der Waals surface area contributed by atoms with Crippen molar-refractivity contribution in [2.45, 2.75) is 84.7 Å². The predicted molar refractivity (Wildman–Crippen MR) is 113 cm³/mol. The minimum absolute atomic E-state index is 0.0268. The van der Waals surface area contributed by atoms with Crippen molar-refractivity contribution in [1.82, 2.24) is 0 Å². The molecule has 0 saturated heterocycles. The van der Waals surface area contributed by atoms with Crippen LogP contribution in [0.4, 0.5) is 0 Å². The first kappa shape index (κ1) is 24.2. The molecule has 0 radical (unpaired) electrons. The molecule has 4 nitrogen and oxygen atoms in total. The molecule has 0 aliphatic carbocycles. The molecule has 8 heteroatoms. The average molecular weight is 407 g/mol. The van der Waals surface area contributed by atoms with Crippen LogP contribution in [0.5, 0.6) is 0 Å². The van der Waals surface area contributed by atoms with Gasteiger partial charge in [-0.05, 0) is 77.8 Å². The van der Waals surface area contributed by atoms with Crippen molar-refractivity contribution in [3.05, 3.63) is 12.2 Å². The summed E-state index contributed by atoms with van der Waals surface area (Å²) in [6.07, 6.45) is 0.650. The van der Waals surface area contributed by atoms with Crippen LogP contribution in [0.15, 0.2) is 12.2 Å². The van der Waals surface area contributed by atoms with E-state index in [9.17, 15) is 4.79 Å². The second kappa shape index (κ2) is 8.23. The molecule has 1 unspecified atom stereocenters. The first-order valence-corrected chi connectivity index (χ1v) is 20.8. The van der Waals surface area contributed by atoms with E-state index in [-0.39, 0.29) is 11.3 Å². The van der Waals surface area contributed by atoms with E-state index in [0.29, 0.717) is 12.0 Å². The summed E-state index contributed by atoms with van der Waals surface area (Å²) in [5.74, 6) is 0.0268. The molecule has 0 aromatic carbocycles. The topological polar surface area (TPSA) is 44.8 Å². The number of carbonyl (C=O) groups is 1. The lowest BCUT2D eigenvalue weighted by Gasteiger charge is -2.46. The smallest absolute Gasteiger partial charge is 0.416 e. The van der Waals surface area contributed by atoms with Gasteiger partial charge in [-0.15, -0.1) is 0 Å². The summed E-state index contributed by atoms with van der Waals surface area (Å²) in [5, 5.41) is 0. The molecule has 1 atom stereocenters. The van der Waals surface area contributed by atoms with Crippen molar-refractivity contribution in [3.8, 4) is 0 Å². The average Bonchev–Trinajstić information content (AvgIpc) is 2.21. The number of allylic oxidation sites excluding steroid dienone is 1. The Morgan fingerprint density at radius 1 is 0.833 bits per heavy atom. The van der Waals surface area contributed by atoms with Gasteiger partial charge in [0.05, 0.1) is 5.54 Å². The fraction of sp³-hybridized carbons (Fsp3) is 0.812. The van der Waals surface area contributed by atoms with Gasteiger partial charge >= 0.3 is 8.80 Å². The van der Waals surface area contributed by atoms with Crippen LogP contribution in [0.3, 0.4) is 0 Å². The van der Waals surface area contributed by atoms with Crippen LogP contribution >= 0.6 is 0 Å². The highest BCUT2D eigenvalue weighted by molar-refractivity contribution is 6.91. The van der Waals surface area contributed by atoms with Crippen molar-refractivity contribution in [1.29, 1.82) is 0 Å². The zero-order valence-corrected chi connectivity index (χ0v) is 21.6. The van der Waals surface area contributed by atoms with Crippen molar-refractivity contribution >= 4 is 39.5 Å². The number of ketones is 1. The van der Waals surface area contributed by atoms with E-state index in [1.54, 1.807) is 6.92 Å². The van der Waals surface area contributed by atoms with E-state index in [1.165, 1.54) is 0 Å². The third-order valence-electron chi connectivity index (χ3n) is 2.92. The standard InChI is InChI=1S/C16H38O4Si4/c1-13-15(16(17)14(2)3)24(18-21(4,5)6,19-22(7,8)9)20-23(10,11)12/h15H,2,13H2,1,3-12H3. The Labute approximate surface area is 153 Å². The Kier molecular flexibility index (Phi) is 8.29. The van der Waals surface area contributed by atoms with Gasteiger partial charge < -0.3 is 12.3 Å². The lowest BCUT2D eigenvalue weighted by atomic mass is 10.1. The maximum atomic E-state index is 12.9. The Bertz CT molecular complexity index is 417.